The number of carboxylic acid groups (broad SMARTS) is 1. The lowest BCUT2D eigenvalue weighted by molar-refractivity contribution is -0.354. The topological polar surface area (TPSA) is 78.2 Å². The average Bonchev–Trinajstić information content (AvgIpc) is 1.83. The van der Waals surface area contributed by atoms with E-state index in [1.807, 2.05) is 0 Å². The summed E-state index contributed by atoms with van der Waals surface area (Å²) in [5.74, 6) is -1.31. The van der Waals surface area contributed by atoms with Crippen molar-refractivity contribution >= 4 is 11.8 Å². The van der Waals surface area contributed by atoms with Crippen molar-refractivity contribution in [1.82, 2.24) is 0 Å². The second-order valence-corrected chi connectivity index (χ2v) is 1.61. The normalized spacial score (nSPS) is 9.00. The van der Waals surface area contributed by atoms with Crippen molar-refractivity contribution < 1.29 is 20.4 Å². The van der Waals surface area contributed by atoms with Gasteiger partial charge in [-0.15, -0.1) is 0 Å². The molecule has 2 radical (unpaired) electrons. The molecule has 0 heterocycles. The van der Waals surface area contributed by atoms with Gasteiger partial charge in [0.15, 0.2) is 5.78 Å². The molecule has 0 rings (SSSR count). The molecule has 0 aliphatic rings. The molecule has 50 valence electrons. The first-order valence-electron chi connectivity index (χ1n) is 2.55. The number of nitrogens with one attached hydrogen (secondary N) is 1. The van der Waals surface area contributed by atoms with Gasteiger partial charge in [-0.2, -0.15) is 0 Å². The van der Waals surface area contributed by atoms with E-state index in [0.717, 1.165) is 0 Å². The van der Waals surface area contributed by atoms with Crippen molar-refractivity contribution in [3.8, 4) is 0 Å². The Hall–Kier alpha value is -0.900. The van der Waals surface area contributed by atoms with Crippen molar-refractivity contribution in [2.24, 2.45) is 0 Å². The first kappa shape index (κ1) is 8.10. The first-order chi connectivity index (χ1) is 4.16. The molecule has 4 nitrogen and oxygen atoms in total. The van der Waals surface area contributed by atoms with Crippen molar-refractivity contribution in [2.45, 2.75) is 12.8 Å². The molecule has 2 N–H and O–H groups in total. The van der Waals surface area contributed by atoms with E-state index < -0.39 is 5.97 Å². The van der Waals surface area contributed by atoms with Crippen LogP contribution in [0.5, 0.6) is 0 Å². The van der Waals surface area contributed by atoms with E-state index in [0.29, 0.717) is 0 Å². The minimum atomic E-state index is -0.989. The minimum absolute atomic E-state index is 0.0150. The van der Waals surface area contributed by atoms with Gasteiger partial charge >= 0.3 is 5.97 Å². The third-order valence-corrected chi connectivity index (χ3v) is 0.815. The molecule has 0 amide bonds. The molecule has 0 aromatic carbocycles. The molecule has 0 fully saturated rings. The van der Waals surface area contributed by atoms with Crippen molar-refractivity contribution in [2.75, 3.05) is 6.54 Å². The molecule has 0 aromatic heterocycles. The predicted octanol–water partition coefficient (Wildman–Crippen LogP) is -1.77. The number of carbonyl (C=O) groups excluding carboxylic acids is 1. The second-order valence-electron chi connectivity index (χ2n) is 1.61. The summed E-state index contributed by atoms with van der Waals surface area (Å²) in [4.78, 5) is 20.1. The molecule has 0 spiro atoms. The van der Waals surface area contributed by atoms with Crippen LogP contribution in [0.1, 0.15) is 12.8 Å². The number of ketones is 1. The number of hydrogen-bond donors (Lipinski definition) is 1. The van der Waals surface area contributed by atoms with Crippen LogP contribution < -0.4 is 5.73 Å². The quantitative estimate of drug-likeness (QED) is 0.489. The highest BCUT2D eigenvalue weighted by molar-refractivity contribution is 5.82. The van der Waals surface area contributed by atoms with Gasteiger partial charge in [-0.25, -0.2) is 0 Å². The van der Waals surface area contributed by atoms with Crippen molar-refractivity contribution in [1.29, 1.82) is 0 Å². The molecular weight excluding hydrogens is 122 g/mol. The fraction of sp³-hybridized carbons (Fsp3) is 0.600. The van der Waals surface area contributed by atoms with E-state index in [2.05, 4.69) is 0 Å². The van der Waals surface area contributed by atoms with Crippen molar-refractivity contribution in [3.63, 3.8) is 0 Å². The van der Waals surface area contributed by atoms with Gasteiger partial charge in [0.25, 0.3) is 0 Å². The van der Waals surface area contributed by atoms with Crippen LogP contribution in [0.3, 0.4) is 0 Å². The number of carbonyl (C=O) groups is 2. The Kier molecular flexibility index (Phi) is 3.62. The molecule has 0 atom stereocenters. The molecule has 0 unspecified atom stereocenters. The maximum atomic E-state index is 10.3. The monoisotopic (exact) mass is 130 g/mol. The summed E-state index contributed by atoms with van der Waals surface area (Å²) in [6, 6.07) is 0. The fourth-order valence-corrected chi connectivity index (χ4v) is 0.335. The van der Waals surface area contributed by atoms with Crippen LogP contribution in [0.4, 0.5) is 0 Å². The maximum absolute atomic E-state index is 10.3. The lowest BCUT2D eigenvalue weighted by atomic mass is 10.2. The number of Topliss-reactive ketones (excluding diaryl/α,β-unsaturated/α-hetero) is 1. The molecule has 0 bridgehead atoms. The summed E-state index contributed by atoms with van der Waals surface area (Å²) in [7, 11) is 0. The van der Waals surface area contributed by atoms with Gasteiger partial charge in [0, 0.05) is 12.2 Å². The zero-order chi connectivity index (χ0) is 7.28. The lowest BCUT2D eigenvalue weighted by Crippen LogP contribution is -2.54. The predicted molar refractivity (Wildman–Crippen MR) is 27.7 cm³/mol. The van der Waals surface area contributed by atoms with Crippen LogP contribution in [-0.4, -0.2) is 23.4 Å². The third kappa shape index (κ3) is 4.96. The Balaban J connectivity index is 3.28. The van der Waals surface area contributed by atoms with Gasteiger partial charge in [-0.05, 0) is 0 Å². The van der Waals surface area contributed by atoms with E-state index >= 15 is 0 Å². The minimum Gasteiger partial charge on any atom is -0.481 e. The largest absolute Gasteiger partial charge is 0.481 e. The van der Waals surface area contributed by atoms with Crippen LogP contribution in [-0.2, 0) is 9.59 Å². The Morgan fingerprint density at radius 2 is 1.89 bits per heavy atom. The maximum Gasteiger partial charge on any atom is 0.303 e. The van der Waals surface area contributed by atoms with Crippen molar-refractivity contribution in [3.05, 3.63) is 0 Å². The number of hydrogen-bond acceptors (Lipinski definition) is 2. The smallest absolute Gasteiger partial charge is 0.303 e. The summed E-state index contributed by atoms with van der Waals surface area (Å²) < 4.78 is 0. The summed E-state index contributed by atoms with van der Waals surface area (Å²) in [6.45, 7) is -0.312. The second kappa shape index (κ2) is 4.03. The molecule has 0 aliphatic heterocycles. The Bertz CT molecular complexity index is 121. The zero-order valence-electron chi connectivity index (χ0n) is 4.89. The molecular formula is C5H8NO3+. The van der Waals surface area contributed by atoms with Crippen LogP contribution in [0, 0.1) is 0 Å². The average molecular weight is 130 g/mol. The fourth-order valence-electron chi connectivity index (χ4n) is 0.335. The first-order valence-corrected chi connectivity index (χ1v) is 2.55. The highest BCUT2D eigenvalue weighted by Gasteiger charge is 2.06. The summed E-state index contributed by atoms with van der Waals surface area (Å²) >= 11 is 0. The Morgan fingerprint density at radius 3 is 2.22 bits per heavy atom. The molecule has 0 saturated heterocycles. The van der Waals surface area contributed by atoms with E-state index in [4.69, 9.17) is 10.8 Å². The third-order valence-electron chi connectivity index (χ3n) is 0.815. The number of rotatable bonds is 4. The lowest BCUT2D eigenvalue weighted by Gasteiger charge is -1.86. The summed E-state index contributed by atoms with van der Waals surface area (Å²) in [5, 5.41) is 8.04. The van der Waals surface area contributed by atoms with Gasteiger partial charge < -0.3 is 5.11 Å². The molecule has 0 saturated carbocycles. The highest BCUT2D eigenvalue weighted by atomic mass is 16.4. The molecule has 0 aromatic rings. The van der Waals surface area contributed by atoms with Gasteiger partial charge in [-0.3, -0.25) is 9.59 Å². The Morgan fingerprint density at radius 1 is 1.33 bits per heavy atom. The summed E-state index contributed by atoms with van der Waals surface area (Å²) in [6.07, 6.45) is -0.170. The number of carboxylic acids is 1. The van der Waals surface area contributed by atoms with Gasteiger partial charge in [-0.1, -0.05) is 0 Å². The van der Waals surface area contributed by atoms with E-state index in [1.165, 1.54) is 0 Å². The van der Waals surface area contributed by atoms with E-state index in [1.54, 1.807) is 0 Å². The van der Waals surface area contributed by atoms with Crippen LogP contribution in [0.2, 0.25) is 0 Å². The highest BCUT2D eigenvalue weighted by Crippen LogP contribution is 1.87. The van der Waals surface area contributed by atoms with E-state index in [-0.39, 0.29) is 25.2 Å². The van der Waals surface area contributed by atoms with Crippen LogP contribution >= 0.6 is 0 Å². The standard InChI is InChI=1S/C5H8NO3/c6-3-4(7)1-2-5(8)9/h6H,1-3H2,(H,8,9)/q+1. The van der Waals surface area contributed by atoms with Gasteiger partial charge in [0.2, 0.25) is 6.54 Å². The molecule has 4 heteroatoms. The zero-order valence-corrected chi connectivity index (χ0v) is 4.89. The van der Waals surface area contributed by atoms with Gasteiger partial charge in [0.05, 0.1) is 6.42 Å². The van der Waals surface area contributed by atoms with Crippen LogP contribution in [0.25, 0.3) is 0 Å². The molecule has 9 heavy (non-hydrogen) atoms. The van der Waals surface area contributed by atoms with Gasteiger partial charge in [0.1, 0.15) is 0 Å². The SMILES string of the molecule is [NH+]CC(=O)CCC(=O)O. The van der Waals surface area contributed by atoms with E-state index in [9.17, 15) is 9.59 Å². The summed E-state index contributed by atoms with van der Waals surface area (Å²) in [5.41, 5.74) is 6.51. The number of aliphatic carboxylic acids is 1. The molecule has 0 aliphatic carbocycles. The van der Waals surface area contributed by atoms with Crippen LogP contribution in [0.15, 0.2) is 0 Å². The Labute approximate surface area is 52.7 Å².